The van der Waals surface area contributed by atoms with Gasteiger partial charge in [0.05, 0.1) is 0 Å². The van der Waals surface area contributed by atoms with E-state index in [1.54, 1.807) is 11.3 Å². The molecule has 2 heterocycles. The van der Waals surface area contributed by atoms with Gasteiger partial charge in [-0.25, -0.2) is 0 Å². The van der Waals surface area contributed by atoms with Crippen LogP contribution in [0.3, 0.4) is 0 Å². The first-order valence-corrected chi connectivity index (χ1v) is 10.5. The number of carbonyl (C=O) groups is 1. The molecule has 0 fully saturated rings. The van der Waals surface area contributed by atoms with Crippen LogP contribution in [0, 0.1) is 0 Å². The van der Waals surface area contributed by atoms with E-state index in [0.717, 1.165) is 28.5 Å². The van der Waals surface area contributed by atoms with Crippen LogP contribution in [-0.2, 0) is 13.5 Å². The standard InChI is InChI=1S/C22H18Cl2N2OS/c1-26-19-9-8-16(24)13-18(19)20(14-4-6-15(23)7-5-14)21(26)22(27)25-11-10-17-3-2-12-28-17/h2-9,12-13H,10-11H2,1H3,(H,25,27). The molecule has 1 amide bonds. The van der Waals surface area contributed by atoms with E-state index in [0.29, 0.717) is 22.3 Å². The highest BCUT2D eigenvalue weighted by atomic mass is 35.5. The molecule has 0 aliphatic heterocycles. The van der Waals surface area contributed by atoms with E-state index in [4.69, 9.17) is 23.2 Å². The van der Waals surface area contributed by atoms with E-state index in [1.807, 2.05) is 65.5 Å². The van der Waals surface area contributed by atoms with E-state index in [1.165, 1.54) is 4.88 Å². The maximum absolute atomic E-state index is 13.1. The van der Waals surface area contributed by atoms with E-state index in [2.05, 4.69) is 11.4 Å². The van der Waals surface area contributed by atoms with Crippen molar-refractivity contribution in [1.82, 2.24) is 9.88 Å². The zero-order valence-electron chi connectivity index (χ0n) is 15.2. The molecule has 0 saturated carbocycles. The van der Waals surface area contributed by atoms with Crippen molar-refractivity contribution in [3.05, 3.63) is 80.6 Å². The second-order valence-electron chi connectivity index (χ2n) is 6.54. The van der Waals surface area contributed by atoms with Crippen molar-refractivity contribution in [2.75, 3.05) is 6.54 Å². The van der Waals surface area contributed by atoms with Gasteiger partial charge in [-0.15, -0.1) is 11.3 Å². The smallest absolute Gasteiger partial charge is 0.268 e. The van der Waals surface area contributed by atoms with E-state index in [9.17, 15) is 4.79 Å². The Balaban J connectivity index is 1.75. The van der Waals surface area contributed by atoms with E-state index < -0.39 is 0 Å². The number of benzene rings is 2. The van der Waals surface area contributed by atoms with E-state index in [-0.39, 0.29) is 5.91 Å². The Kier molecular flexibility index (Phi) is 5.44. The first kappa shape index (κ1) is 19.1. The van der Waals surface area contributed by atoms with Gasteiger partial charge >= 0.3 is 0 Å². The molecule has 0 aliphatic carbocycles. The van der Waals surface area contributed by atoms with Gasteiger partial charge in [0, 0.05) is 45.0 Å². The first-order valence-electron chi connectivity index (χ1n) is 8.89. The molecule has 0 saturated heterocycles. The fraction of sp³-hybridized carbons (Fsp3) is 0.136. The van der Waals surface area contributed by atoms with Gasteiger partial charge < -0.3 is 9.88 Å². The third-order valence-electron chi connectivity index (χ3n) is 4.75. The molecule has 6 heteroatoms. The van der Waals surface area contributed by atoms with Gasteiger partial charge in [-0.2, -0.15) is 0 Å². The first-order chi connectivity index (χ1) is 13.5. The monoisotopic (exact) mass is 428 g/mol. The molecule has 1 N–H and O–H groups in total. The number of carbonyl (C=O) groups excluding carboxylic acids is 1. The molecule has 4 aromatic rings. The predicted molar refractivity (Wildman–Crippen MR) is 119 cm³/mol. The van der Waals surface area contributed by atoms with Crippen LogP contribution >= 0.6 is 34.5 Å². The fourth-order valence-corrected chi connectivity index (χ4v) is 4.44. The lowest BCUT2D eigenvalue weighted by Crippen LogP contribution is -2.27. The number of hydrogen-bond acceptors (Lipinski definition) is 2. The van der Waals surface area contributed by atoms with Crippen molar-refractivity contribution in [1.29, 1.82) is 0 Å². The molecule has 0 radical (unpaired) electrons. The lowest BCUT2D eigenvalue weighted by atomic mass is 10.0. The van der Waals surface area contributed by atoms with Gasteiger partial charge in [0.25, 0.3) is 5.91 Å². The Morgan fingerprint density at radius 1 is 1.07 bits per heavy atom. The molecular formula is C22H18Cl2N2OS. The maximum atomic E-state index is 13.1. The zero-order valence-corrected chi connectivity index (χ0v) is 17.5. The van der Waals surface area contributed by atoms with E-state index >= 15 is 0 Å². The average Bonchev–Trinajstić information content (AvgIpc) is 3.29. The Morgan fingerprint density at radius 3 is 2.54 bits per heavy atom. The lowest BCUT2D eigenvalue weighted by Gasteiger charge is -2.09. The number of nitrogens with one attached hydrogen (secondary N) is 1. The summed E-state index contributed by atoms with van der Waals surface area (Å²) in [5, 5.41) is 7.35. The molecule has 4 rings (SSSR count). The van der Waals surface area contributed by atoms with Crippen LogP contribution in [0.15, 0.2) is 60.0 Å². The van der Waals surface area contributed by atoms with Crippen LogP contribution in [0.2, 0.25) is 10.0 Å². The quantitative estimate of drug-likeness (QED) is 0.404. The second-order valence-corrected chi connectivity index (χ2v) is 8.44. The van der Waals surface area contributed by atoms with Gasteiger partial charge in [0.2, 0.25) is 0 Å². The number of nitrogens with zero attached hydrogens (tertiary/aromatic N) is 1. The van der Waals surface area contributed by atoms with Crippen molar-refractivity contribution in [3.8, 4) is 11.1 Å². The number of thiophene rings is 1. The van der Waals surface area contributed by atoms with Crippen LogP contribution in [0.5, 0.6) is 0 Å². The highest BCUT2D eigenvalue weighted by Crippen LogP contribution is 2.36. The minimum atomic E-state index is -0.101. The summed E-state index contributed by atoms with van der Waals surface area (Å²) in [5.74, 6) is -0.101. The summed E-state index contributed by atoms with van der Waals surface area (Å²) in [7, 11) is 1.91. The lowest BCUT2D eigenvalue weighted by molar-refractivity contribution is 0.0947. The molecule has 142 valence electrons. The molecule has 0 aliphatic rings. The van der Waals surface area contributed by atoms with Gasteiger partial charge in [-0.1, -0.05) is 41.4 Å². The normalized spacial score (nSPS) is 11.1. The summed E-state index contributed by atoms with van der Waals surface area (Å²) in [6.07, 6.45) is 0.815. The zero-order chi connectivity index (χ0) is 19.7. The Hall–Kier alpha value is -2.27. The molecule has 0 bridgehead atoms. The highest BCUT2D eigenvalue weighted by Gasteiger charge is 2.22. The van der Waals surface area contributed by atoms with Crippen molar-refractivity contribution in [2.24, 2.45) is 7.05 Å². The average molecular weight is 429 g/mol. The summed E-state index contributed by atoms with van der Waals surface area (Å²) in [6, 6.07) is 17.3. The number of halogens is 2. The summed E-state index contributed by atoms with van der Waals surface area (Å²) < 4.78 is 1.93. The highest BCUT2D eigenvalue weighted by molar-refractivity contribution is 7.09. The molecular weight excluding hydrogens is 411 g/mol. The van der Waals surface area contributed by atoms with Crippen LogP contribution in [0.1, 0.15) is 15.4 Å². The summed E-state index contributed by atoms with van der Waals surface area (Å²) in [5.41, 5.74) is 3.37. The fourth-order valence-electron chi connectivity index (χ4n) is 3.43. The van der Waals surface area contributed by atoms with Crippen molar-refractivity contribution in [3.63, 3.8) is 0 Å². The molecule has 0 atom stereocenters. The Bertz CT molecular complexity index is 1130. The largest absolute Gasteiger partial charge is 0.350 e. The number of rotatable bonds is 5. The maximum Gasteiger partial charge on any atom is 0.268 e. The van der Waals surface area contributed by atoms with Crippen molar-refractivity contribution < 1.29 is 4.79 Å². The Morgan fingerprint density at radius 2 is 1.82 bits per heavy atom. The minimum Gasteiger partial charge on any atom is -0.350 e. The number of fused-ring (bicyclic) bond motifs is 1. The second kappa shape index (κ2) is 8.00. The summed E-state index contributed by atoms with van der Waals surface area (Å²) in [6.45, 7) is 0.585. The third kappa shape index (κ3) is 3.68. The molecule has 0 spiro atoms. The van der Waals surface area contributed by atoms with Gasteiger partial charge in [-0.3, -0.25) is 4.79 Å². The van der Waals surface area contributed by atoms with Crippen LogP contribution in [-0.4, -0.2) is 17.0 Å². The number of amides is 1. The van der Waals surface area contributed by atoms with Crippen molar-refractivity contribution >= 4 is 51.3 Å². The van der Waals surface area contributed by atoms with Crippen LogP contribution in [0.25, 0.3) is 22.0 Å². The summed E-state index contributed by atoms with van der Waals surface area (Å²) in [4.78, 5) is 14.4. The SMILES string of the molecule is Cn1c(C(=O)NCCc2cccs2)c(-c2ccc(Cl)cc2)c2cc(Cl)ccc21. The number of hydrogen-bond donors (Lipinski definition) is 1. The third-order valence-corrected chi connectivity index (χ3v) is 6.17. The predicted octanol–water partition coefficient (Wildman–Crippen LogP) is 6.19. The number of aryl methyl sites for hydroxylation is 1. The molecule has 2 aromatic heterocycles. The topological polar surface area (TPSA) is 34.0 Å². The van der Waals surface area contributed by atoms with Crippen LogP contribution in [0.4, 0.5) is 0 Å². The molecule has 2 aromatic carbocycles. The van der Waals surface area contributed by atoms with Gasteiger partial charge in [-0.05, 0) is 53.8 Å². The minimum absolute atomic E-state index is 0.101. The van der Waals surface area contributed by atoms with Crippen molar-refractivity contribution in [2.45, 2.75) is 6.42 Å². The van der Waals surface area contributed by atoms with Gasteiger partial charge in [0.15, 0.2) is 0 Å². The molecule has 28 heavy (non-hydrogen) atoms. The van der Waals surface area contributed by atoms with Crippen LogP contribution < -0.4 is 5.32 Å². The van der Waals surface area contributed by atoms with Gasteiger partial charge in [0.1, 0.15) is 5.69 Å². The number of aromatic nitrogens is 1. The summed E-state index contributed by atoms with van der Waals surface area (Å²) >= 11 is 14.0. The molecule has 0 unspecified atom stereocenters. The molecule has 3 nitrogen and oxygen atoms in total. The Labute approximate surface area is 177 Å².